The van der Waals surface area contributed by atoms with Crippen LogP contribution in [0, 0.1) is 0 Å². The van der Waals surface area contributed by atoms with Crippen molar-refractivity contribution >= 4 is 0 Å². The van der Waals surface area contributed by atoms with E-state index in [2.05, 4.69) is 0 Å². The van der Waals surface area contributed by atoms with Crippen molar-refractivity contribution in [1.82, 2.24) is 6.15 Å². The van der Waals surface area contributed by atoms with Gasteiger partial charge < -0.3 is 11.6 Å². The summed E-state index contributed by atoms with van der Waals surface area (Å²) in [6, 6.07) is 0. The molecule has 2 nitrogen and oxygen atoms in total. The molecule has 0 aliphatic heterocycles. The molecular formula is H3NNa2O. The fourth-order valence-corrected chi connectivity index (χ4v) is 0. The van der Waals surface area contributed by atoms with E-state index in [0.29, 0.717) is 0 Å². The Labute approximate surface area is 69.8 Å². The Hall–Kier alpha value is 1.92. The summed E-state index contributed by atoms with van der Waals surface area (Å²) in [4.78, 5) is 0. The molecule has 0 bridgehead atoms. The van der Waals surface area contributed by atoms with Crippen LogP contribution in [0.4, 0.5) is 0 Å². The van der Waals surface area contributed by atoms with Crippen LogP contribution >= 0.6 is 0 Å². The SMILES string of the molecule is N.[Na+].[Na+].[O-2]. The minimum atomic E-state index is 0. The van der Waals surface area contributed by atoms with Crippen molar-refractivity contribution in [2.75, 3.05) is 0 Å². The van der Waals surface area contributed by atoms with Crippen molar-refractivity contribution in [3.8, 4) is 0 Å². The Morgan fingerprint density at radius 2 is 0.750 bits per heavy atom. The summed E-state index contributed by atoms with van der Waals surface area (Å²) in [7, 11) is 0. The zero-order chi connectivity index (χ0) is 0. The standard InChI is InChI=1S/H3N.2Na.O/h1H3;;;/q;2*+1;-2. The first-order valence-corrected chi connectivity index (χ1v) is 0. The van der Waals surface area contributed by atoms with Crippen LogP contribution in [0.15, 0.2) is 0 Å². The van der Waals surface area contributed by atoms with E-state index in [-0.39, 0.29) is 70.7 Å². The molecule has 0 atom stereocenters. The van der Waals surface area contributed by atoms with Gasteiger partial charge in [0, 0.05) is 0 Å². The maximum Gasteiger partial charge on any atom is 1.00 e. The van der Waals surface area contributed by atoms with E-state index < -0.39 is 0 Å². The summed E-state index contributed by atoms with van der Waals surface area (Å²) in [6.07, 6.45) is 0. The van der Waals surface area contributed by atoms with Crippen LogP contribution in [0.3, 0.4) is 0 Å². The van der Waals surface area contributed by atoms with Gasteiger partial charge in [-0.3, -0.25) is 0 Å². The fraction of sp³-hybridized carbons (Fsp3) is 0. The molecule has 3 N–H and O–H groups in total. The first kappa shape index (κ1) is 38.9. The fourth-order valence-electron chi connectivity index (χ4n) is 0. The van der Waals surface area contributed by atoms with Crippen molar-refractivity contribution in [2.45, 2.75) is 0 Å². The van der Waals surface area contributed by atoms with Gasteiger partial charge in [-0.2, -0.15) is 0 Å². The predicted molar refractivity (Wildman–Crippen MR) is 5.71 cm³/mol. The third-order valence-corrected chi connectivity index (χ3v) is 0. The predicted octanol–water partition coefficient (Wildman–Crippen LogP) is -5.95. The molecule has 0 aliphatic rings. The van der Waals surface area contributed by atoms with Gasteiger partial charge in [0.25, 0.3) is 0 Å². The molecule has 0 radical (unpaired) electrons. The Morgan fingerprint density at radius 3 is 0.750 bits per heavy atom. The van der Waals surface area contributed by atoms with E-state index in [9.17, 15) is 0 Å². The topological polar surface area (TPSA) is 63.5 Å². The van der Waals surface area contributed by atoms with Gasteiger partial charge in [0.2, 0.25) is 0 Å². The number of hydrogen-bond donors (Lipinski definition) is 1. The molecular weight excluding hydrogens is 76.0 g/mol. The molecule has 0 aliphatic carbocycles. The Bertz CT molecular complexity index is 6.00. The second-order valence-electron chi connectivity index (χ2n) is 0. The van der Waals surface area contributed by atoms with Crippen LogP contribution in [-0.4, -0.2) is 0 Å². The van der Waals surface area contributed by atoms with E-state index in [1.165, 1.54) is 0 Å². The van der Waals surface area contributed by atoms with Crippen LogP contribution in [0.2, 0.25) is 0 Å². The maximum absolute atomic E-state index is 0. The molecule has 0 unspecified atom stereocenters. The molecule has 0 amide bonds. The maximum atomic E-state index is 0. The second kappa shape index (κ2) is 20.5. The smallest absolute Gasteiger partial charge is 1.00 e. The Kier molecular flexibility index (Phi) is 199. The van der Waals surface area contributed by atoms with E-state index in [1.54, 1.807) is 0 Å². The van der Waals surface area contributed by atoms with Gasteiger partial charge in [-0.25, -0.2) is 0 Å². The number of hydrogen-bond acceptors (Lipinski definition) is 1. The molecule has 0 saturated heterocycles. The van der Waals surface area contributed by atoms with Crippen molar-refractivity contribution < 1.29 is 64.6 Å². The molecule has 0 aromatic rings. The van der Waals surface area contributed by atoms with Gasteiger partial charge in [-0.1, -0.05) is 0 Å². The van der Waals surface area contributed by atoms with Crippen molar-refractivity contribution in [1.29, 1.82) is 0 Å². The molecule has 0 aromatic heterocycles. The van der Waals surface area contributed by atoms with Crippen LogP contribution in [0.1, 0.15) is 0 Å². The third kappa shape index (κ3) is 9.07. The summed E-state index contributed by atoms with van der Waals surface area (Å²) >= 11 is 0. The quantitative estimate of drug-likeness (QED) is 0.289. The molecule has 0 saturated carbocycles. The molecule has 0 spiro atoms. The normalized spacial score (nSPS) is 0. The second-order valence-corrected chi connectivity index (χ2v) is 0. The van der Waals surface area contributed by atoms with Gasteiger partial charge in [-0.05, 0) is 0 Å². The zero-order valence-corrected chi connectivity index (χ0v) is 7.12. The third-order valence-electron chi connectivity index (χ3n) is 0. The van der Waals surface area contributed by atoms with E-state index in [0.717, 1.165) is 0 Å². The summed E-state index contributed by atoms with van der Waals surface area (Å²) in [5, 5.41) is 0. The Morgan fingerprint density at radius 1 is 0.750 bits per heavy atom. The van der Waals surface area contributed by atoms with E-state index in [1.807, 2.05) is 0 Å². The average Bonchev–Trinajstić information content (AvgIpc) is 0. The molecule has 0 rings (SSSR count). The molecule has 0 aromatic carbocycles. The first-order valence-electron chi connectivity index (χ1n) is 0. The minimum absolute atomic E-state index is 0. The summed E-state index contributed by atoms with van der Waals surface area (Å²) in [5.41, 5.74) is 0. The van der Waals surface area contributed by atoms with Gasteiger partial charge in [-0.15, -0.1) is 0 Å². The molecule has 4 heteroatoms. The van der Waals surface area contributed by atoms with Gasteiger partial charge in [0.15, 0.2) is 0 Å². The molecule has 4 heavy (non-hydrogen) atoms. The summed E-state index contributed by atoms with van der Waals surface area (Å²) in [5.74, 6) is 0. The van der Waals surface area contributed by atoms with Crippen LogP contribution in [0.5, 0.6) is 0 Å². The number of rotatable bonds is 0. The van der Waals surface area contributed by atoms with E-state index >= 15 is 0 Å². The summed E-state index contributed by atoms with van der Waals surface area (Å²) in [6.45, 7) is 0. The van der Waals surface area contributed by atoms with Crippen LogP contribution in [0.25, 0.3) is 0 Å². The average molecular weight is 79.0 g/mol. The van der Waals surface area contributed by atoms with Crippen molar-refractivity contribution in [3.63, 3.8) is 0 Å². The van der Waals surface area contributed by atoms with Gasteiger partial charge in [0.05, 0.1) is 0 Å². The van der Waals surface area contributed by atoms with E-state index in [4.69, 9.17) is 0 Å². The van der Waals surface area contributed by atoms with Crippen molar-refractivity contribution in [2.24, 2.45) is 0 Å². The van der Waals surface area contributed by atoms with Crippen LogP contribution in [-0.2, 0) is 5.48 Å². The zero-order valence-electron chi connectivity index (χ0n) is 3.12. The van der Waals surface area contributed by atoms with Crippen molar-refractivity contribution in [3.05, 3.63) is 0 Å². The molecule has 0 fully saturated rings. The first-order chi connectivity index (χ1) is 0. The molecule has 16 valence electrons. The van der Waals surface area contributed by atoms with Gasteiger partial charge in [0.1, 0.15) is 0 Å². The van der Waals surface area contributed by atoms with Crippen LogP contribution < -0.4 is 65.3 Å². The largest absolute Gasteiger partial charge is 2.00 e. The Balaban J connectivity index is 0. The summed E-state index contributed by atoms with van der Waals surface area (Å²) < 4.78 is 0. The van der Waals surface area contributed by atoms with Gasteiger partial charge >= 0.3 is 59.1 Å². The minimum Gasteiger partial charge on any atom is -2.00 e. The molecule has 0 heterocycles. The monoisotopic (exact) mass is 79.0 g/mol.